The van der Waals surface area contributed by atoms with Crippen LogP contribution in [0.5, 0.6) is 0 Å². The van der Waals surface area contributed by atoms with Crippen LogP contribution in [0, 0.1) is 5.82 Å². The number of aromatic nitrogens is 2. The maximum atomic E-state index is 13.3. The monoisotopic (exact) mass is 373 g/mol. The molecule has 4 nitrogen and oxygen atoms in total. The van der Waals surface area contributed by atoms with Gasteiger partial charge in [0.1, 0.15) is 5.82 Å². The third-order valence-electron chi connectivity index (χ3n) is 5.10. The minimum Gasteiger partial charge on any atom is -0.343 e. The van der Waals surface area contributed by atoms with Crippen LogP contribution in [0.2, 0.25) is 5.02 Å². The largest absolute Gasteiger partial charge is 0.343 e. The topological polar surface area (TPSA) is 30.2 Å². The lowest BCUT2D eigenvalue weighted by molar-refractivity contribution is 0.321. The van der Waals surface area contributed by atoms with E-state index in [9.17, 15) is 9.18 Å². The highest BCUT2D eigenvalue weighted by Crippen LogP contribution is 2.19. The Morgan fingerprint density at radius 3 is 2.54 bits per heavy atom. The zero-order chi connectivity index (χ0) is 18.1. The van der Waals surface area contributed by atoms with E-state index in [-0.39, 0.29) is 10.6 Å². The summed E-state index contributed by atoms with van der Waals surface area (Å²) in [6.07, 6.45) is 6.28. The number of benzene rings is 1. The van der Waals surface area contributed by atoms with E-state index in [1.807, 2.05) is 29.1 Å². The van der Waals surface area contributed by atoms with Crippen molar-refractivity contribution in [3.63, 3.8) is 0 Å². The van der Waals surface area contributed by atoms with Crippen molar-refractivity contribution in [2.45, 2.75) is 25.9 Å². The van der Waals surface area contributed by atoms with Gasteiger partial charge in [-0.25, -0.2) is 4.39 Å². The van der Waals surface area contributed by atoms with Crippen LogP contribution < -0.4 is 5.56 Å². The van der Waals surface area contributed by atoms with Crippen molar-refractivity contribution in [3.8, 4) is 0 Å². The smallest absolute Gasteiger partial charge is 0.260 e. The molecule has 0 unspecified atom stereocenters. The number of halogens is 2. The van der Waals surface area contributed by atoms with Gasteiger partial charge in [0.2, 0.25) is 0 Å². The van der Waals surface area contributed by atoms with Gasteiger partial charge in [0, 0.05) is 32.0 Å². The van der Waals surface area contributed by atoms with E-state index in [2.05, 4.69) is 4.90 Å². The Hall–Kier alpha value is -2.11. The Morgan fingerprint density at radius 2 is 1.77 bits per heavy atom. The van der Waals surface area contributed by atoms with Gasteiger partial charge in [-0.3, -0.25) is 4.79 Å². The average Bonchev–Trinajstić information content (AvgIpc) is 3.28. The van der Waals surface area contributed by atoms with Crippen LogP contribution in [-0.2, 0) is 13.1 Å². The first kappa shape index (κ1) is 17.3. The molecule has 0 amide bonds. The van der Waals surface area contributed by atoms with Gasteiger partial charge in [-0.05, 0) is 55.8 Å². The maximum Gasteiger partial charge on any atom is 0.260 e. The van der Waals surface area contributed by atoms with Crippen LogP contribution in [0.3, 0.4) is 0 Å². The quantitative estimate of drug-likeness (QED) is 0.682. The number of fused-ring (bicyclic) bond motifs is 1. The molecule has 0 atom stereocenters. The van der Waals surface area contributed by atoms with Gasteiger partial charge in [-0.15, -0.1) is 0 Å². The van der Waals surface area contributed by atoms with Gasteiger partial charge in [0.15, 0.2) is 0 Å². The third kappa shape index (κ3) is 3.41. The summed E-state index contributed by atoms with van der Waals surface area (Å²) in [5.41, 5.74) is 1.82. The fourth-order valence-corrected chi connectivity index (χ4v) is 3.84. The highest BCUT2D eigenvalue weighted by atomic mass is 35.5. The first-order chi connectivity index (χ1) is 12.6. The molecule has 3 aromatic rings. The fourth-order valence-electron chi connectivity index (χ4n) is 3.64. The number of pyridine rings is 1. The number of rotatable bonds is 5. The molecule has 1 aromatic carbocycles. The molecule has 2 aromatic heterocycles. The summed E-state index contributed by atoms with van der Waals surface area (Å²) in [6, 6.07) is 8.54. The summed E-state index contributed by atoms with van der Waals surface area (Å²) in [5.74, 6) is -0.423. The summed E-state index contributed by atoms with van der Waals surface area (Å²) >= 11 is 5.87. The molecular formula is C20H21ClFN3O. The molecule has 1 saturated heterocycles. The predicted molar refractivity (Wildman–Crippen MR) is 102 cm³/mol. The van der Waals surface area contributed by atoms with E-state index in [0.717, 1.165) is 30.7 Å². The summed E-state index contributed by atoms with van der Waals surface area (Å²) in [7, 11) is 0. The molecule has 0 saturated carbocycles. The normalized spacial score (nSPS) is 15.2. The number of nitrogens with zero attached hydrogens (tertiary/aromatic N) is 3. The average molecular weight is 374 g/mol. The predicted octanol–water partition coefficient (Wildman–Crippen LogP) is 3.74. The molecule has 0 aliphatic carbocycles. The van der Waals surface area contributed by atoms with Crippen molar-refractivity contribution in [2.24, 2.45) is 0 Å². The maximum absolute atomic E-state index is 13.3. The second-order valence-electron chi connectivity index (χ2n) is 6.85. The minimum atomic E-state index is -0.423. The lowest BCUT2D eigenvalue weighted by Crippen LogP contribution is -2.28. The molecule has 4 rings (SSSR count). The Kier molecular flexibility index (Phi) is 4.83. The van der Waals surface area contributed by atoms with Crippen molar-refractivity contribution < 1.29 is 4.39 Å². The minimum absolute atomic E-state index is 0.0394. The summed E-state index contributed by atoms with van der Waals surface area (Å²) in [4.78, 5) is 15.2. The van der Waals surface area contributed by atoms with Crippen molar-refractivity contribution in [3.05, 3.63) is 69.5 Å². The highest BCUT2D eigenvalue weighted by molar-refractivity contribution is 6.30. The molecule has 1 aliphatic rings. The van der Waals surface area contributed by atoms with Crippen molar-refractivity contribution >= 4 is 22.5 Å². The van der Waals surface area contributed by atoms with E-state index in [0.29, 0.717) is 18.5 Å². The molecule has 0 radical (unpaired) electrons. The van der Waals surface area contributed by atoms with Crippen LogP contribution in [0.1, 0.15) is 18.4 Å². The molecule has 0 spiro atoms. The van der Waals surface area contributed by atoms with E-state index < -0.39 is 5.82 Å². The van der Waals surface area contributed by atoms with E-state index in [1.54, 1.807) is 16.7 Å². The summed E-state index contributed by atoms with van der Waals surface area (Å²) in [5, 5.41) is 0.824. The zero-order valence-electron chi connectivity index (χ0n) is 14.5. The molecule has 6 heteroatoms. The van der Waals surface area contributed by atoms with Gasteiger partial charge in [0.05, 0.1) is 15.9 Å². The molecule has 3 heterocycles. The van der Waals surface area contributed by atoms with Gasteiger partial charge < -0.3 is 14.0 Å². The zero-order valence-corrected chi connectivity index (χ0v) is 15.3. The van der Waals surface area contributed by atoms with Gasteiger partial charge in [-0.2, -0.15) is 0 Å². The number of likely N-dealkylation sites (tertiary alicyclic amines) is 1. The van der Waals surface area contributed by atoms with Crippen molar-refractivity contribution in [2.75, 3.05) is 19.6 Å². The van der Waals surface area contributed by atoms with Crippen LogP contribution in [0.25, 0.3) is 10.9 Å². The van der Waals surface area contributed by atoms with Gasteiger partial charge >= 0.3 is 0 Å². The van der Waals surface area contributed by atoms with Crippen LogP contribution in [-0.4, -0.2) is 33.7 Å². The molecule has 26 heavy (non-hydrogen) atoms. The van der Waals surface area contributed by atoms with E-state index in [4.69, 9.17) is 11.6 Å². The van der Waals surface area contributed by atoms with Crippen molar-refractivity contribution in [1.29, 1.82) is 0 Å². The summed E-state index contributed by atoms with van der Waals surface area (Å²) < 4.78 is 17.1. The fraction of sp³-hybridized carbons (Fsp3) is 0.350. The molecule has 136 valence electrons. The standard InChI is InChI=1S/C20H21ClFN3O/c21-17-13-15(3-4-18(17)22)14-25-9-5-16-19(25)6-10-24(20(16)26)12-11-23-7-1-2-8-23/h3-6,9-10,13H,1-2,7-8,11-12,14H2. The lowest BCUT2D eigenvalue weighted by Gasteiger charge is -2.15. The number of hydrogen-bond donors (Lipinski definition) is 0. The molecule has 0 bridgehead atoms. The first-order valence-electron chi connectivity index (χ1n) is 8.96. The third-order valence-corrected chi connectivity index (χ3v) is 5.39. The van der Waals surface area contributed by atoms with Crippen molar-refractivity contribution in [1.82, 2.24) is 14.0 Å². The van der Waals surface area contributed by atoms with Crippen LogP contribution >= 0.6 is 11.6 Å². The highest BCUT2D eigenvalue weighted by Gasteiger charge is 2.13. The Labute approximate surface area is 156 Å². The van der Waals surface area contributed by atoms with E-state index >= 15 is 0 Å². The van der Waals surface area contributed by atoms with E-state index in [1.165, 1.54) is 18.9 Å². The Balaban J connectivity index is 1.57. The van der Waals surface area contributed by atoms with Gasteiger partial charge in [0.25, 0.3) is 5.56 Å². The van der Waals surface area contributed by atoms with Crippen LogP contribution in [0.4, 0.5) is 4.39 Å². The Morgan fingerprint density at radius 1 is 1.00 bits per heavy atom. The second kappa shape index (κ2) is 7.25. The summed E-state index contributed by atoms with van der Waals surface area (Å²) in [6.45, 7) is 4.44. The SMILES string of the molecule is O=c1c2ccn(Cc3ccc(F)c(Cl)c3)c2ccn1CCN1CCCC1. The lowest BCUT2D eigenvalue weighted by atomic mass is 10.2. The molecule has 1 aliphatic heterocycles. The molecule has 0 N–H and O–H groups in total. The van der Waals surface area contributed by atoms with Crippen LogP contribution in [0.15, 0.2) is 47.5 Å². The molecular weight excluding hydrogens is 353 g/mol. The Bertz CT molecular complexity index is 988. The number of hydrogen-bond acceptors (Lipinski definition) is 2. The molecule has 1 fully saturated rings. The van der Waals surface area contributed by atoms with Gasteiger partial charge in [-0.1, -0.05) is 17.7 Å². The second-order valence-corrected chi connectivity index (χ2v) is 7.26. The first-order valence-corrected chi connectivity index (χ1v) is 9.34.